The fraction of sp³-hybridized carbons (Fsp3) is 0.364. The zero-order valence-electron chi connectivity index (χ0n) is 16.5. The van der Waals surface area contributed by atoms with E-state index < -0.39 is 0 Å². The number of halogens is 2. The van der Waals surface area contributed by atoms with Crippen molar-refractivity contribution in [2.24, 2.45) is 11.7 Å². The molecule has 29 heavy (non-hydrogen) atoms. The number of nitrogens with two attached hydrogens (primary N) is 1. The van der Waals surface area contributed by atoms with E-state index in [9.17, 15) is 9.59 Å². The maximum Gasteiger partial charge on any atom is 0.253 e. The van der Waals surface area contributed by atoms with Gasteiger partial charge in [-0.3, -0.25) is 9.59 Å². The first-order valence-electron chi connectivity index (χ1n) is 9.61. The van der Waals surface area contributed by atoms with Crippen LogP contribution in [0.25, 0.3) is 0 Å². The molecule has 2 aromatic rings. The molecule has 5 nitrogen and oxygen atoms in total. The third-order valence-electron chi connectivity index (χ3n) is 5.30. The number of amides is 2. The average molecular weight is 436 g/mol. The lowest BCUT2D eigenvalue weighted by Gasteiger charge is -2.27. The molecule has 2 N–H and O–H groups in total. The average Bonchev–Trinajstić information content (AvgIpc) is 2.99. The van der Waals surface area contributed by atoms with Gasteiger partial charge in [0.05, 0.1) is 5.92 Å². The number of rotatable bonds is 4. The van der Waals surface area contributed by atoms with E-state index in [1.54, 1.807) is 29.2 Å². The van der Waals surface area contributed by atoms with Crippen molar-refractivity contribution in [2.45, 2.75) is 19.4 Å². The number of nitrogens with zero attached hydrogens (tertiary/aromatic N) is 2. The second kappa shape index (κ2) is 10.6. The smallest absolute Gasteiger partial charge is 0.253 e. The maximum atomic E-state index is 13.0. The van der Waals surface area contributed by atoms with Crippen molar-refractivity contribution in [2.75, 3.05) is 26.2 Å². The molecule has 1 fully saturated rings. The summed E-state index contributed by atoms with van der Waals surface area (Å²) in [6.45, 7) is 4.17. The standard InChI is InChI=1S/C22H26ClN3O2.ClH/c1-16(20(24)17-6-3-2-4-7-17)21(27)25-12-5-13-26(15-14-25)22(28)18-8-10-19(23)11-9-18;/h2-4,6-11,16,20H,5,12-15,24H2,1H3;1H. The van der Waals surface area contributed by atoms with Gasteiger partial charge in [-0.1, -0.05) is 48.9 Å². The van der Waals surface area contributed by atoms with Crippen LogP contribution >= 0.6 is 24.0 Å². The fourth-order valence-corrected chi connectivity index (χ4v) is 3.65. The van der Waals surface area contributed by atoms with Crippen molar-refractivity contribution in [3.8, 4) is 0 Å². The second-order valence-corrected chi connectivity index (χ2v) is 7.64. The molecule has 0 bridgehead atoms. The van der Waals surface area contributed by atoms with Gasteiger partial charge in [-0.25, -0.2) is 0 Å². The largest absolute Gasteiger partial charge is 0.341 e. The minimum absolute atomic E-state index is 0. The minimum Gasteiger partial charge on any atom is -0.341 e. The molecule has 2 aromatic carbocycles. The monoisotopic (exact) mass is 435 g/mol. The molecule has 0 aliphatic carbocycles. The Hall–Kier alpha value is -2.08. The molecular formula is C22H27Cl2N3O2. The molecule has 0 saturated carbocycles. The summed E-state index contributed by atoms with van der Waals surface area (Å²) in [7, 11) is 0. The molecule has 0 radical (unpaired) electrons. The summed E-state index contributed by atoms with van der Waals surface area (Å²) < 4.78 is 0. The summed E-state index contributed by atoms with van der Waals surface area (Å²) >= 11 is 5.90. The van der Waals surface area contributed by atoms with Crippen molar-refractivity contribution >= 4 is 35.8 Å². The first-order valence-corrected chi connectivity index (χ1v) is 9.99. The summed E-state index contributed by atoms with van der Waals surface area (Å²) in [6, 6.07) is 16.3. The zero-order chi connectivity index (χ0) is 20.1. The molecule has 1 saturated heterocycles. The number of carbonyl (C=O) groups is 2. The molecule has 1 aliphatic heterocycles. The van der Waals surface area contributed by atoms with Gasteiger partial charge < -0.3 is 15.5 Å². The summed E-state index contributed by atoms with van der Waals surface area (Å²) in [5.41, 5.74) is 7.90. The Bertz CT molecular complexity index is 815. The van der Waals surface area contributed by atoms with Crippen LogP contribution in [-0.4, -0.2) is 47.8 Å². The lowest BCUT2D eigenvalue weighted by Crippen LogP contribution is -2.42. The second-order valence-electron chi connectivity index (χ2n) is 7.20. The van der Waals surface area contributed by atoms with Crippen LogP contribution in [0.1, 0.15) is 35.3 Å². The number of benzene rings is 2. The molecule has 1 aliphatic rings. The van der Waals surface area contributed by atoms with Crippen molar-refractivity contribution in [3.63, 3.8) is 0 Å². The molecule has 156 valence electrons. The molecule has 1 heterocycles. The summed E-state index contributed by atoms with van der Waals surface area (Å²) in [5, 5.41) is 0.605. The van der Waals surface area contributed by atoms with Crippen molar-refractivity contribution in [3.05, 3.63) is 70.7 Å². The van der Waals surface area contributed by atoms with E-state index in [4.69, 9.17) is 17.3 Å². The Labute approximate surface area is 183 Å². The van der Waals surface area contributed by atoms with Gasteiger partial charge in [-0.15, -0.1) is 12.4 Å². The molecule has 2 unspecified atom stereocenters. The summed E-state index contributed by atoms with van der Waals surface area (Å²) in [5.74, 6) is -0.307. The van der Waals surface area contributed by atoms with Gasteiger partial charge in [0.2, 0.25) is 5.91 Å². The van der Waals surface area contributed by atoms with Gasteiger partial charge in [0.25, 0.3) is 5.91 Å². The Morgan fingerprint density at radius 2 is 1.52 bits per heavy atom. The topological polar surface area (TPSA) is 66.6 Å². The third-order valence-corrected chi connectivity index (χ3v) is 5.55. The lowest BCUT2D eigenvalue weighted by molar-refractivity contribution is -0.135. The van der Waals surface area contributed by atoms with E-state index in [1.807, 2.05) is 42.2 Å². The Kier molecular flexibility index (Phi) is 8.50. The van der Waals surface area contributed by atoms with E-state index >= 15 is 0 Å². The van der Waals surface area contributed by atoms with E-state index in [2.05, 4.69) is 0 Å². The predicted octanol–water partition coefficient (Wildman–Crippen LogP) is 3.77. The molecular weight excluding hydrogens is 409 g/mol. The van der Waals surface area contributed by atoms with E-state index in [-0.39, 0.29) is 36.2 Å². The van der Waals surface area contributed by atoms with Crippen molar-refractivity contribution in [1.29, 1.82) is 0 Å². The van der Waals surface area contributed by atoms with Gasteiger partial charge in [0.15, 0.2) is 0 Å². The van der Waals surface area contributed by atoms with Crippen LogP contribution in [0.3, 0.4) is 0 Å². The van der Waals surface area contributed by atoms with Gasteiger partial charge in [-0.2, -0.15) is 0 Å². The summed E-state index contributed by atoms with van der Waals surface area (Å²) in [4.78, 5) is 29.3. The number of carbonyl (C=O) groups excluding carboxylic acids is 2. The highest BCUT2D eigenvalue weighted by atomic mass is 35.5. The Morgan fingerprint density at radius 1 is 0.931 bits per heavy atom. The molecule has 7 heteroatoms. The fourth-order valence-electron chi connectivity index (χ4n) is 3.52. The highest BCUT2D eigenvalue weighted by Crippen LogP contribution is 2.22. The quantitative estimate of drug-likeness (QED) is 0.794. The highest BCUT2D eigenvalue weighted by Gasteiger charge is 2.29. The SMILES string of the molecule is CC(C(=O)N1CCCN(C(=O)c2ccc(Cl)cc2)CC1)C(N)c1ccccc1.Cl. The van der Waals surface area contributed by atoms with E-state index in [1.165, 1.54) is 0 Å². The zero-order valence-corrected chi connectivity index (χ0v) is 18.0. The van der Waals surface area contributed by atoms with Gasteiger partial charge >= 0.3 is 0 Å². The van der Waals surface area contributed by atoms with Crippen LogP contribution in [0.5, 0.6) is 0 Å². The van der Waals surface area contributed by atoms with Gasteiger partial charge in [0.1, 0.15) is 0 Å². The van der Waals surface area contributed by atoms with Crippen LogP contribution in [-0.2, 0) is 4.79 Å². The first kappa shape index (κ1) is 23.2. The van der Waals surface area contributed by atoms with Crippen molar-refractivity contribution in [1.82, 2.24) is 9.80 Å². The van der Waals surface area contributed by atoms with E-state index in [0.717, 1.165) is 12.0 Å². The molecule has 2 atom stereocenters. The van der Waals surface area contributed by atoms with Crippen LogP contribution in [0, 0.1) is 5.92 Å². The predicted molar refractivity (Wildman–Crippen MR) is 118 cm³/mol. The molecule has 0 spiro atoms. The van der Waals surface area contributed by atoms with Gasteiger partial charge in [-0.05, 0) is 36.2 Å². The maximum absolute atomic E-state index is 13.0. The number of hydrogen-bond acceptors (Lipinski definition) is 3. The minimum atomic E-state index is -0.344. The lowest BCUT2D eigenvalue weighted by atomic mass is 9.94. The van der Waals surface area contributed by atoms with Crippen LogP contribution in [0.4, 0.5) is 0 Å². The normalized spacial score (nSPS) is 16.4. The van der Waals surface area contributed by atoms with Gasteiger partial charge in [0, 0.05) is 42.8 Å². The first-order chi connectivity index (χ1) is 13.5. The Morgan fingerprint density at radius 3 is 2.17 bits per heavy atom. The van der Waals surface area contributed by atoms with Crippen LogP contribution in [0.2, 0.25) is 5.02 Å². The summed E-state index contributed by atoms with van der Waals surface area (Å²) in [6.07, 6.45) is 0.748. The molecule has 3 rings (SSSR count). The van der Waals surface area contributed by atoms with Crippen LogP contribution < -0.4 is 5.73 Å². The van der Waals surface area contributed by atoms with E-state index in [0.29, 0.717) is 36.8 Å². The van der Waals surface area contributed by atoms with Crippen LogP contribution in [0.15, 0.2) is 54.6 Å². The number of hydrogen-bond donors (Lipinski definition) is 1. The third kappa shape index (κ3) is 5.72. The molecule has 2 amide bonds. The highest BCUT2D eigenvalue weighted by molar-refractivity contribution is 6.30. The molecule has 0 aromatic heterocycles. The van der Waals surface area contributed by atoms with Crippen molar-refractivity contribution < 1.29 is 9.59 Å². The Balaban J connectivity index is 0.00000300.